The Labute approximate surface area is 113 Å². The molecule has 1 unspecified atom stereocenters. The van der Waals surface area contributed by atoms with Crippen molar-refractivity contribution in [3.05, 3.63) is 33.9 Å². The van der Waals surface area contributed by atoms with Gasteiger partial charge in [0, 0.05) is 29.9 Å². The highest BCUT2D eigenvalue weighted by atomic mass is 35.5. The first-order chi connectivity index (χ1) is 8.54. The molecule has 1 aromatic rings. The van der Waals surface area contributed by atoms with E-state index in [2.05, 4.69) is 25.7 Å². The van der Waals surface area contributed by atoms with Gasteiger partial charge in [0.15, 0.2) is 0 Å². The zero-order chi connectivity index (χ0) is 13.7. The zero-order valence-corrected chi connectivity index (χ0v) is 11.8. The molecule has 0 N–H and O–H groups in total. The van der Waals surface area contributed by atoms with Crippen molar-refractivity contribution in [3.8, 4) is 0 Å². The van der Waals surface area contributed by atoms with Gasteiger partial charge < -0.3 is 4.90 Å². The molecule has 0 radical (unpaired) electrons. The number of hydrogen-bond donors (Lipinski definition) is 0. The fraction of sp³-hybridized carbons (Fsp3) is 0.538. The average Bonchev–Trinajstić information content (AvgIpc) is 2.38. The molecule has 0 bridgehead atoms. The minimum atomic E-state index is -0.388. The van der Waals surface area contributed by atoms with E-state index in [0.717, 1.165) is 18.7 Å². The second-order valence-corrected chi connectivity index (χ2v) is 4.51. The third-order valence-corrected chi connectivity index (χ3v) is 3.49. The number of alkyl halides is 1. The van der Waals surface area contributed by atoms with Crippen molar-refractivity contribution in [2.24, 2.45) is 0 Å². The summed E-state index contributed by atoms with van der Waals surface area (Å²) in [7, 11) is 0. The van der Waals surface area contributed by atoms with Crippen LogP contribution in [0.5, 0.6) is 0 Å². The first-order valence-electron chi connectivity index (χ1n) is 6.15. The molecule has 4 nitrogen and oxygen atoms in total. The van der Waals surface area contributed by atoms with Crippen LogP contribution in [0.2, 0.25) is 0 Å². The molecule has 0 fully saturated rings. The molecule has 0 saturated heterocycles. The highest BCUT2D eigenvalue weighted by Crippen LogP contribution is 2.27. The largest absolute Gasteiger partial charge is 0.369 e. The van der Waals surface area contributed by atoms with Crippen LogP contribution in [0.4, 0.5) is 11.4 Å². The highest BCUT2D eigenvalue weighted by molar-refractivity contribution is 6.17. The van der Waals surface area contributed by atoms with Gasteiger partial charge >= 0.3 is 0 Å². The van der Waals surface area contributed by atoms with Crippen LogP contribution in [0.15, 0.2) is 18.2 Å². The van der Waals surface area contributed by atoms with E-state index in [1.165, 1.54) is 6.07 Å². The average molecular weight is 271 g/mol. The summed E-state index contributed by atoms with van der Waals surface area (Å²) < 4.78 is 0. The van der Waals surface area contributed by atoms with E-state index in [9.17, 15) is 10.1 Å². The molecule has 0 aliphatic carbocycles. The Morgan fingerprint density at radius 2 is 2.11 bits per heavy atom. The lowest BCUT2D eigenvalue weighted by Gasteiger charge is -2.29. The summed E-state index contributed by atoms with van der Waals surface area (Å²) in [5, 5.41) is 10.9. The van der Waals surface area contributed by atoms with E-state index < -0.39 is 0 Å². The predicted octanol–water partition coefficient (Wildman–Crippen LogP) is 3.96. The predicted molar refractivity (Wildman–Crippen MR) is 75.4 cm³/mol. The van der Waals surface area contributed by atoms with E-state index in [1.54, 1.807) is 6.07 Å². The van der Waals surface area contributed by atoms with Crippen molar-refractivity contribution < 1.29 is 4.92 Å². The van der Waals surface area contributed by atoms with E-state index >= 15 is 0 Å². The van der Waals surface area contributed by atoms with Crippen molar-refractivity contribution in [1.29, 1.82) is 0 Å². The molecule has 0 aromatic heterocycles. The van der Waals surface area contributed by atoms with Gasteiger partial charge in [-0.05, 0) is 32.4 Å². The number of nitro benzene ring substituents is 1. The van der Waals surface area contributed by atoms with Crippen molar-refractivity contribution in [2.75, 3.05) is 11.4 Å². The molecule has 1 aromatic carbocycles. The van der Waals surface area contributed by atoms with Crippen LogP contribution < -0.4 is 4.90 Å². The fourth-order valence-corrected chi connectivity index (χ4v) is 2.22. The molecule has 0 heterocycles. The Morgan fingerprint density at radius 1 is 1.44 bits per heavy atom. The van der Waals surface area contributed by atoms with E-state index in [1.807, 2.05) is 6.07 Å². The van der Waals surface area contributed by atoms with Gasteiger partial charge in [-0.2, -0.15) is 0 Å². The Hall–Kier alpha value is -1.29. The van der Waals surface area contributed by atoms with Crippen molar-refractivity contribution in [3.63, 3.8) is 0 Å². The molecule has 18 heavy (non-hydrogen) atoms. The molecular formula is C13H19ClN2O2. The molecule has 1 rings (SSSR count). The van der Waals surface area contributed by atoms with Crippen molar-refractivity contribution in [2.45, 2.75) is 39.1 Å². The number of benzene rings is 1. The van der Waals surface area contributed by atoms with Crippen LogP contribution in [-0.2, 0) is 5.88 Å². The lowest BCUT2D eigenvalue weighted by Crippen LogP contribution is -2.32. The number of anilines is 1. The minimum Gasteiger partial charge on any atom is -0.369 e. The molecular weight excluding hydrogens is 252 g/mol. The summed E-state index contributed by atoms with van der Waals surface area (Å²) >= 11 is 5.79. The van der Waals surface area contributed by atoms with Gasteiger partial charge in [0.05, 0.1) is 10.8 Å². The monoisotopic (exact) mass is 270 g/mol. The smallest absolute Gasteiger partial charge is 0.273 e. The van der Waals surface area contributed by atoms with E-state index in [0.29, 0.717) is 11.6 Å². The van der Waals surface area contributed by atoms with Gasteiger partial charge in [0.25, 0.3) is 5.69 Å². The van der Waals surface area contributed by atoms with Crippen LogP contribution in [0.3, 0.4) is 0 Å². The second-order valence-electron chi connectivity index (χ2n) is 4.25. The molecule has 100 valence electrons. The topological polar surface area (TPSA) is 46.4 Å². The summed E-state index contributed by atoms with van der Waals surface area (Å²) in [5.74, 6) is 0.155. The molecule has 0 aliphatic rings. The van der Waals surface area contributed by atoms with Crippen LogP contribution in [-0.4, -0.2) is 17.5 Å². The Morgan fingerprint density at radius 3 is 2.56 bits per heavy atom. The third-order valence-electron chi connectivity index (χ3n) is 3.20. The van der Waals surface area contributed by atoms with Gasteiger partial charge in [0.2, 0.25) is 0 Å². The summed E-state index contributed by atoms with van der Waals surface area (Å²) in [6, 6.07) is 5.56. The summed E-state index contributed by atoms with van der Waals surface area (Å²) in [4.78, 5) is 12.7. The van der Waals surface area contributed by atoms with Gasteiger partial charge in [-0.1, -0.05) is 6.92 Å². The zero-order valence-electron chi connectivity index (χ0n) is 11.0. The maximum Gasteiger partial charge on any atom is 0.273 e. The van der Waals surface area contributed by atoms with Gasteiger partial charge in [-0.3, -0.25) is 10.1 Å². The first kappa shape index (κ1) is 14.8. The van der Waals surface area contributed by atoms with E-state index in [-0.39, 0.29) is 16.5 Å². The van der Waals surface area contributed by atoms with Gasteiger partial charge in [0.1, 0.15) is 0 Å². The SMILES string of the molecule is CCC(C)N(CC)c1ccc([N+](=O)[O-])c(CCl)c1. The number of halogens is 1. The molecule has 0 aliphatic heterocycles. The van der Waals surface area contributed by atoms with E-state index in [4.69, 9.17) is 11.6 Å². The second kappa shape index (κ2) is 6.59. The number of rotatable bonds is 6. The number of nitro groups is 1. The Balaban J connectivity index is 3.14. The van der Waals surface area contributed by atoms with Crippen LogP contribution in [0.1, 0.15) is 32.8 Å². The summed E-state index contributed by atoms with van der Waals surface area (Å²) in [6.45, 7) is 7.22. The van der Waals surface area contributed by atoms with Crippen molar-refractivity contribution in [1.82, 2.24) is 0 Å². The van der Waals surface area contributed by atoms with Crippen LogP contribution in [0.25, 0.3) is 0 Å². The van der Waals surface area contributed by atoms with Gasteiger partial charge in [-0.25, -0.2) is 0 Å². The normalized spacial score (nSPS) is 12.2. The number of nitrogens with zero attached hydrogens (tertiary/aromatic N) is 2. The Bertz CT molecular complexity index is 423. The lowest BCUT2D eigenvalue weighted by molar-refractivity contribution is -0.385. The van der Waals surface area contributed by atoms with Crippen LogP contribution >= 0.6 is 11.6 Å². The maximum absolute atomic E-state index is 10.9. The molecule has 0 saturated carbocycles. The molecule has 5 heteroatoms. The first-order valence-corrected chi connectivity index (χ1v) is 6.68. The lowest BCUT2D eigenvalue weighted by atomic mass is 10.1. The summed E-state index contributed by atoms with van der Waals surface area (Å²) in [5.41, 5.74) is 1.66. The summed E-state index contributed by atoms with van der Waals surface area (Å²) in [6.07, 6.45) is 1.03. The van der Waals surface area contributed by atoms with Gasteiger partial charge in [-0.15, -0.1) is 11.6 Å². The Kier molecular flexibility index (Phi) is 5.41. The molecule has 1 atom stereocenters. The number of hydrogen-bond acceptors (Lipinski definition) is 3. The highest BCUT2D eigenvalue weighted by Gasteiger charge is 2.17. The van der Waals surface area contributed by atoms with Crippen molar-refractivity contribution >= 4 is 23.0 Å². The molecule has 0 amide bonds. The maximum atomic E-state index is 10.9. The van der Waals surface area contributed by atoms with Crippen LogP contribution in [0, 0.1) is 10.1 Å². The minimum absolute atomic E-state index is 0.0916. The standard InChI is InChI=1S/C13H19ClN2O2/c1-4-10(3)15(5-2)12-6-7-13(16(17)18)11(8-12)9-14/h6-8,10H,4-5,9H2,1-3H3. The fourth-order valence-electron chi connectivity index (χ4n) is 2.00. The molecule has 0 spiro atoms. The third kappa shape index (κ3) is 3.13. The quantitative estimate of drug-likeness (QED) is 0.447.